The van der Waals surface area contributed by atoms with Crippen LogP contribution in [-0.2, 0) is 19.6 Å². The van der Waals surface area contributed by atoms with Crippen molar-refractivity contribution in [3.63, 3.8) is 0 Å². The smallest absolute Gasteiger partial charge is 0.363 e. The molecule has 0 bridgehead atoms. The Kier molecular flexibility index (Phi) is 5.71. The van der Waals surface area contributed by atoms with Gasteiger partial charge in [0.2, 0.25) is 15.9 Å². The van der Waals surface area contributed by atoms with Crippen LogP contribution in [0, 0.1) is 5.82 Å². The number of hydrogen-bond donors (Lipinski definition) is 0. The fourth-order valence-corrected chi connectivity index (χ4v) is 4.29. The summed E-state index contributed by atoms with van der Waals surface area (Å²) in [7, 11) is -3.65. The number of esters is 1. The minimum atomic E-state index is -3.65. The van der Waals surface area contributed by atoms with Crippen molar-refractivity contribution in [2.45, 2.75) is 18.7 Å². The maximum absolute atomic E-state index is 13.3. The van der Waals surface area contributed by atoms with E-state index >= 15 is 0 Å². The van der Waals surface area contributed by atoms with E-state index in [1.54, 1.807) is 32.0 Å². The largest absolute Gasteiger partial charge is 0.402 e. The van der Waals surface area contributed by atoms with Gasteiger partial charge in [-0.15, -0.1) is 0 Å². The highest BCUT2D eigenvalue weighted by Crippen LogP contribution is 2.22. The van der Waals surface area contributed by atoms with Crippen molar-refractivity contribution in [1.82, 2.24) is 4.31 Å². The van der Waals surface area contributed by atoms with Gasteiger partial charge in [0.1, 0.15) is 5.82 Å². The van der Waals surface area contributed by atoms with Crippen molar-refractivity contribution < 1.29 is 22.3 Å². The van der Waals surface area contributed by atoms with Crippen LogP contribution in [0.4, 0.5) is 4.39 Å². The normalized spacial score (nSPS) is 15.8. The summed E-state index contributed by atoms with van der Waals surface area (Å²) in [6.45, 7) is 4.22. The molecule has 1 aliphatic rings. The quantitative estimate of drug-likeness (QED) is 0.549. The molecular formula is C20H19FN2O4S. The standard InChI is InChI=1S/C20H19FN2O4S/c1-3-23(4-2)28(25,26)17-10-6-8-15(13-17)19-22-18(20(24)27-19)12-14-7-5-9-16(21)11-14/h5-13H,3-4H2,1-2H3/b18-12+. The molecule has 3 rings (SSSR count). The molecule has 1 heterocycles. The minimum absolute atomic E-state index is 0.00394. The molecule has 8 heteroatoms. The van der Waals surface area contributed by atoms with Crippen molar-refractivity contribution in [2.75, 3.05) is 13.1 Å². The first kappa shape index (κ1) is 19.9. The number of rotatable bonds is 6. The molecule has 0 radical (unpaired) electrons. The van der Waals surface area contributed by atoms with Crippen LogP contribution in [0.1, 0.15) is 25.0 Å². The second kappa shape index (κ2) is 8.04. The van der Waals surface area contributed by atoms with Gasteiger partial charge in [0, 0.05) is 18.7 Å². The molecule has 0 aliphatic carbocycles. The van der Waals surface area contributed by atoms with Crippen molar-refractivity contribution in [3.8, 4) is 0 Å². The van der Waals surface area contributed by atoms with Gasteiger partial charge < -0.3 is 4.74 Å². The molecule has 0 aromatic heterocycles. The van der Waals surface area contributed by atoms with Gasteiger partial charge in [-0.1, -0.05) is 32.0 Å². The molecule has 0 unspecified atom stereocenters. The van der Waals surface area contributed by atoms with E-state index in [-0.39, 0.29) is 16.5 Å². The molecule has 0 atom stereocenters. The first-order valence-corrected chi connectivity index (χ1v) is 10.2. The molecule has 0 saturated carbocycles. The maximum atomic E-state index is 13.3. The van der Waals surface area contributed by atoms with E-state index in [1.807, 2.05) is 0 Å². The summed E-state index contributed by atoms with van der Waals surface area (Å²) in [5.41, 5.74) is 0.844. The first-order chi connectivity index (χ1) is 13.3. The summed E-state index contributed by atoms with van der Waals surface area (Å²) in [6.07, 6.45) is 1.41. The van der Waals surface area contributed by atoms with Gasteiger partial charge in [0.25, 0.3) is 0 Å². The highest BCUT2D eigenvalue weighted by molar-refractivity contribution is 7.89. The molecule has 6 nitrogen and oxygen atoms in total. The Bertz CT molecular complexity index is 1070. The number of cyclic esters (lactones) is 1. The fourth-order valence-electron chi connectivity index (χ4n) is 2.79. The number of sulfonamides is 1. The van der Waals surface area contributed by atoms with Crippen LogP contribution in [0.15, 0.2) is 64.1 Å². The number of carbonyl (C=O) groups excluding carboxylic acids is 1. The summed E-state index contributed by atoms with van der Waals surface area (Å²) >= 11 is 0. The molecule has 0 saturated heterocycles. The van der Waals surface area contributed by atoms with Crippen LogP contribution in [0.5, 0.6) is 0 Å². The van der Waals surface area contributed by atoms with Crippen LogP contribution in [0.25, 0.3) is 6.08 Å². The number of benzene rings is 2. The summed E-state index contributed by atoms with van der Waals surface area (Å²) in [5.74, 6) is -1.11. The molecule has 1 aliphatic heterocycles. The summed E-state index contributed by atoms with van der Waals surface area (Å²) in [5, 5.41) is 0. The average molecular weight is 402 g/mol. The minimum Gasteiger partial charge on any atom is -0.402 e. The van der Waals surface area contributed by atoms with Crippen molar-refractivity contribution in [3.05, 3.63) is 71.2 Å². The second-order valence-electron chi connectivity index (χ2n) is 6.01. The monoisotopic (exact) mass is 402 g/mol. The highest BCUT2D eigenvalue weighted by atomic mass is 32.2. The lowest BCUT2D eigenvalue weighted by atomic mass is 10.2. The molecule has 146 valence electrons. The van der Waals surface area contributed by atoms with E-state index in [9.17, 15) is 17.6 Å². The third kappa shape index (κ3) is 4.02. The van der Waals surface area contributed by atoms with Crippen LogP contribution >= 0.6 is 0 Å². The Morgan fingerprint density at radius 3 is 2.50 bits per heavy atom. The predicted octanol–water partition coefficient (Wildman–Crippen LogP) is 3.20. The summed E-state index contributed by atoms with van der Waals surface area (Å²) in [4.78, 5) is 16.3. The molecule has 0 N–H and O–H groups in total. The second-order valence-corrected chi connectivity index (χ2v) is 7.95. The van der Waals surface area contributed by atoms with Crippen LogP contribution in [0.3, 0.4) is 0 Å². The average Bonchev–Trinajstić information content (AvgIpc) is 3.03. The number of halogens is 1. The van der Waals surface area contributed by atoms with Crippen molar-refractivity contribution in [2.24, 2.45) is 4.99 Å². The van der Waals surface area contributed by atoms with Gasteiger partial charge in [-0.3, -0.25) is 0 Å². The number of carbonyl (C=O) groups is 1. The molecule has 28 heavy (non-hydrogen) atoms. The first-order valence-electron chi connectivity index (χ1n) is 8.74. The van der Waals surface area contributed by atoms with Gasteiger partial charge in [0.05, 0.1) is 4.90 Å². The van der Waals surface area contributed by atoms with E-state index in [0.717, 1.165) is 0 Å². The predicted molar refractivity (Wildman–Crippen MR) is 104 cm³/mol. The van der Waals surface area contributed by atoms with Crippen LogP contribution in [-0.4, -0.2) is 37.7 Å². The van der Waals surface area contributed by atoms with E-state index in [2.05, 4.69) is 4.99 Å². The Balaban J connectivity index is 1.95. The molecule has 0 fully saturated rings. The maximum Gasteiger partial charge on any atom is 0.363 e. The summed E-state index contributed by atoms with van der Waals surface area (Å²) < 4.78 is 45.2. The van der Waals surface area contributed by atoms with Crippen LogP contribution in [0.2, 0.25) is 0 Å². The lowest BCUT2D eigenvalue weighted by Gasteiger charge is -2.18. The Morgan fingerprint density at radius 1 is 1.11 bits per heavy atom. The molecule has 2 aromatic carbocycles. The van der Waals surface area contributed by atoms with Gasteiger partial charge in [-0.2, -0.15) is 4.31 Å². The Morgan fingerprint density at radius 2 is 1.82 bits per heavy atom. The topological polar surface area (TPSA) is 76.0 Å². The Labute approximate surface area is 163 Å². The summed E-state index contributed by atoms with van der Waals surface area (Å²) in [6, 6.07) is 11.8. The Hall–Kier alpha value is -2.84. The molecule has 0 amide bonds. The highest BCUT2D eigenvalue weighted by Gasteiger charge is 2.27. The molecule has 0 spiro atoms. The van der Waals surface area contributed by atoms with Gasteiger partial charge in [0.15, 0.2) is 5.70 Å². The zero-order valence-corrected chi connectivity index (χ0v) is 16.2. The SMILES string of the molecule is CCN(CC)S(=O)(=O)c1cccc(C2=N/C(=C/c3cccc(F)c3)C(=O)O2)c1. The number of aliphatic imine (C=N–C) groups is 1. The number of hydrogen-bond acceptors (Lipinski definition) is 5. The zero-order valence-electron chi connectivity index (χ0n) is 15.4. The lowest BCUT2D eigenvalue weighted by molar-refractivity contribution is -0.129. The van der Waals surface area contributed by atoms with E-state index in [4.69, 9.17) is 4.74 Å². The van der Waals surface area contributed by atoms with Crippen LogP contribution < -0.4 is 0 Å². The third-order valence-electron chi connectivity index (χ3n) is 4.20. The van der Waals surface area contributed by atoms with Gasteiger partial charge >= 0.3 is 5.97 Å². The fraction of sp³-hybridized carbons (Fsp3) is 0.200. The lowest BCUT2D eigenvalue weighted by Crippen LogP contribution is -2.30. The number of nitrogens with zero attached hydrogens (tertiary/aromatic N) is 2. The van der Waals surface area contributed by atoms with Crippen molar-refractivity contribution >= 4 is 28.0 Å². The van der Waals surface area contributed by atoms with Crippen molar-refractivity contribution in [1.29, 1.82) is 0 Å². The zero-order chi connectivity index (χ0) is 20.3. The molecular weight excluding hydrogens is 383 g/mol. The van der Waals surface area contributed by atoms with E-state index in [0.29, 0.717) is 24.2 Å². The van der Waals surface area contributed by atoms with Gasteiger partial charge in [-0.25, -0.2) is 22.6 Å². The van der Waals surface area contributed by atoms with E-state index in [1.165, 1.54) is 40.7 Å². The molecule has 2 aromatic rings. The van der Waals surface area contributed by atoms with E-state index < -0.39 is 21.8 Å². The number of ether oxygens (including phenoxy) is 1. The third-order valence-corrected chi connectivity index (χ3v) is 6.24. The van der Waals surface area contributed by atoms with Gasteiger partial charge in [-0.05, 0) is 42.0 Å².